The second kappa shape index (κ2) is 8.27. The smallest absolute Gasteiger partial charge is 0.380 e. The molecule has 1 aromatic rings. The summed E-state index contributed by atoms with van der Waals surface area (Å²) in [6, 6.07) is 5.37. The maximum absolute atomic E-state index is 12.5. The first-order valence-corrected chi connectivity index (χ1v) is 6.84. The van der Waals surface area contributed by atoms with Crippen molar-refractivity contribution in [3.8, 4) is 0 Å². The molecule has 0 heterocycles. The number of halogens is 3. The van der Waals surface area contributed by atoms with Crippen LogP contribution in [0.5, 0.6) is 0 Å². The van der Waals surface area contributed by atoms with Gasteiger partial charge in [0.15, 0.2) is 0 Å². The first-order valence-electron chi connectivity index (χ1n) is 6.84. The van der Waals surface area contributed by atoms with Crippen molar-refractivity contribution in [2.24, 2.45) is 5.92 Å². The van der Waals surface area contributed by atoms with Crippen LogP contribution < -0.4 is 5.32 Å². The number of nitrogens with one attached hydrogen (secondary N) is 1. The van der Waals surface area contributed by atoms with Crippen molar-refractivity contribution in [3.63, 3.8) is 0 Å². The Balaban J connectivity index is 2.22. The maximum Gasteiger partial charge on any atom is 0.416 e. The minimum absolute atomic E-state index is 0.414. The summed E-state index contributed by atoms with van der Waals surface area (Å²) in [5.74, 6) is 0.619. The summed E-state index contributed by atoms with van der Waals surface area (Å²) in [4.78, 5) is 0. The third-order valence-corrected chi connectivity index (χ3v) is 2.85. The molecular weight excluding hydrogens is 267 g/mol. The van der Waals surface area contributed by atoms with Crippen LogP contribution in [-0.2, 0) is 17.5 Å². The fourth-order valence-corrected chi connectivity index (χ4v) is 1.66. The van der Waals surface area contributed by atoms with Crippen LogP contribution in [-0.4, -0.2) is 19.8 Å². The van der Waals surface area contributed by atoms with E-state index in [0.717, 1.165) is 19.1 Å². The first-order chi connectivity index (χ1) is 9.39. The van der Waals surface area contributed by atoms with Crippen molar-refractivity contribution in [1.29, 1.82) is 0 Å². The van der Waals surface area contributed by atoms with Crippen molar-refractivity contribution in [2.45, 2.75) is 33.0 Å². The molecule has 0 saturated carbocycles. The highest BCUT2D eigenvalue weighted by Gasteiger charge is 2.30. The lowest BCUT2D eigenvalue weighted by Gasteiger charge is -2.10. The topological polar surface area (TPSA) is 21.3 Å². The van der Waals surface area contributed by atoms with Crippen LogP contribution in [0.1, 0.15) is 31.4 Å². The number of benzene rings is 1. The van der Waals surface area contributed by atoms with Gasteiger partial charge in [0, 0.05) is 19.7 Å². The fourth-order valence-electron chi connectivity index (χ4n) is 1.66. The minimum atomic E-state index is -4.28. The molecule has 0 fully saturated rings. The number of hydrogen-bond acceptors (Lipinski definition) is 2. The second-order valence-electron chi connectivity index (χ2n) is 5.17. The molecule has 0 atom stereocenters. The lowest BCUT2D eigenvalue weighted by atomic mass is 10.1. The molecule has 1 N–H and O–H groups in total. The number of hydrogen-bond donors (Lipinski definition) is 1. The molecule has 2 nitrogen and oxygen atoms in total. The van der Waals surface area contributed by atoms with Crippen LogP contribution in [0, 0.1) is 5.92 Å². The van der Waals surface area contributed by atoms with Crippen LogP contribution >= 0.6 is 0 Å². The Bertz CT molecular complexity index is 391. The average Bonchev–Trinajstić information content (AvgIpc) is 2.36. The molecule has 0 spiro atoms. The molecule has 0 aliphatic rings. The van der Waals surface area contributed by atoms with E-state index in [9.17, 15) is 13.2 Å². The van der Waals surface area contributed by atoms with E-state index in [4.69, 9.17) is 4.74 Å². The van der Waals surface area contributed by atoms with Gasteiger partial charge in [0.25, 0.3) is 0 Å². The van der Waals surface area contributed by atoms with Crippen LogP contribution in [0.3, 0.4) is 0 Å². The van der Waals surface area contributed by atoms with Crippen molar-refractivity contribution >= 4 is 0 Å². The molecule has 1 rings (SSSR count). The molecule has 114 valence electrons. The summed E-state index contributed by atoms with van der Waals surface area (Å²) in [5, 5.41) is 3.08. The summed E-state index contributed by atoms with van der Waals surface area (Å²) in [7, 11) is 0. The van der Waals surface area contributed by atoms with Gasteiger partial charge in [-0.15, -0.1) is 0 Å². The van der Waals surface area contributed by atoms with Gasteiger partial charge in [-0.2, -0.15) is 13.2 Å². The Kier molecular flexibility index (Phi) is 7.02. The van der Waals surface area contributed by atoms with E-state index in [-0.39, 0.29) is 0 Å². The fraction of sp³-hybridized carbons (Fsp3) is 0.600. The van der Waals surface area contributed by atoms with Gasteiger partial charge < -0.3 is 10.1 Å². The summed E-state index contributed by atoms with van der Waals surface area (Å²) in [6.07, 6.45) is -3.26. The second-order valence-corrected chi connectivity index (χ2v) is 5.17. The molecule has 0 amide bonds. The lowest BCUT2D eigenvalue weighted by molar-refractivity contribution is -0.137. The Morgan fingerprint density at radius 2 is 1.95 bits per heavy atom. The summed E-state index contributed by atoms with van der Waals surface area (Å²) >= 11 is 0. The highest BCUT2D eigenvalue weighted by molar-refractivity contribution is 5.25. The molecule has 0 radical (unpaired) electrons. The van der Waals surface area contributed by atoms with Crippen molar-refractivity contribution < 1.29 is 17.9 Å². The number of alkyl halides is 3. The third kappa shape index (κ3) is 6.91. The Morgan fingerprint density at radius 3 is 2.60 bits per heavy atom. The van der Waals surface area contributed by atoms with Gasteiger partial charge in [0.1, 0.15) is 0 Å². The van der Waals surface area contributed by atoms with E-state index in [1.54, 1.807) is 6.07 Å². The van der Waals surface area contributed by atoms with Crippen LogP contribution in [0.15, 0.2) is 24.3 Å². The normalized spacial score (nSPS) is 12.1. The van der Waals surface area contributed by atoms with E-state index in [1.807, 2.05) is 0 Å². The van der Waals surface area contributed by atoms with E-state index in [2.05, 4.69) is 19.2 Å². The predicted octanol–water partition coefficient (Wildman–Crippen LogP) is 3.86. The summed E-state index contributed by atoms with van der Waals surface area (Å²) in [6.45, 7) is 6.62. The van der Waals surface area contributed by atoms with Gasteiger partial charge in [-0.05, 0) is 24.0 Å². The molecule has 0 unspecified atom stereocenters. The van der Waals surface area contributed by atoms with Crippen molar-refractivity contribution in [3.05, 3.63) is 35.4 Å². The number of ether oxygens (including phenoxy) is 1. The monoisotopic (exact) mass is 289 g/mol. The van der Waals surface area contributed by atoms with E-state index in [1.165, 1.54) is 12.1 Å². The quantitative estimate of drug-likeness (QED) is 0.734. The van der Waals surface area contributed by atoms with Gasteiger partial charge in [-0.25, -0.2) is 0 Å². The lowest BCUT2D eigenvalue weighted by Crippen LogP contribution is -2.20. The Morgan fingerprint density at radius 1 is 1.20 bits per heavy atom. The van der Waals surface area contributed by atoms with Crippen LogP contribution in [0.2, 0.25) is 0 Å². The highest BCUT2D eigenvalue weighted by atomic mass is 19.4. The van der Waals surface area contributed by atoms with E-state index < -0.39 is 11.7 Å². The average molecular weight is 289 g/mol. The van der Waals surface area contributed by atoms with Gasteiger partial charge in [-0.3, -0.25) is 0 Å². The molecule has 5 heteroatoms. The Hall–Kier alpha value is -1.07. The standard InChI is InChI=1S/C15H22F3NO/c1-12(2)6-8-20-9-7-19-11-13-4-3-5-14(10-13)15(16,17)18/h3-5,10,12,19H,6-9,11H2,1-2H3. The van der Waals surface area contributed by atoms with Crippen LogP contribution in [0.4, 0.5) is 13.2 Å². The molecule has 0 aliphatic heterocycles. The molecule has 0 bridgehead atoms. The van der Waals surface area contributed by atoms with E-state index in [0.29, 0.717) is 31.2 Å². The highest BCUT2D eigenvalue weighted by Crippen LogP contribution is 2.29. The van der Waals surface area contributed by atoms with E-state index >= 15 is 0 Å². The van der Waals surface area contributed by atoms with Crippen molar-refractivity contribution in [1.82, 2.24) is 5.32 Å². The summed E-state index contributed by atoms with van der Waals surface area (Å²) < 4.78 is 43.0. The third-order valence-electron chi connectivity index (χ3n) is 2.85. The molecule has 0 saturated heterocycles. The van der Waals surface area contributed by atoms with Gasteiger partial charge >= 0.3 is 6.18 Å². The van der Waals surface area contributed by atoms with Gasteiger partial charge in [0.05, 0.1) is 12.2 Å². The SMILES string of the molecule is CC(C)CCOCCNCc1cccc(C(F)(F)F)c1. The van der Waals surface area contributed by atoms with Crippen molar-refractivity contribution in [2.75, 3.05) is 19.8 Å². The zero-order chi connectivity index (χ0) is 15.0. The predicted molar refractivity (Wildman–Crippen MR) is 73.4 cm³/mol. The molecule has 0 aromatic heterocycles. The Labute approximate surface area is 118 Å². The molecule has 1 aromatic carbocycles. The first kappa shape index (κ1) is 17.0. The van der Waals surface area contributed by atoms with Crippen LogP contribution in [0.25, 0.3) is 0 Å². The maximum atomic E-state index is 12.5. The zero-order valence-corrected chi connectivity index (χ0v) is 12.0. The number of rotatable bonds is 8. The molecule has 20 heavy (non-hydrogen) atoms. The molecular formula is C15H22F3NO. The summed E-state index contributed by atoms with van der Waals surface area (Å²) in [5.41, 5.74) is 0.0204. The van der Waals surface area contributed by atoms with Gasteiger partial charge in [0.2, 0.25) is 0 Å². The largest absolute Gasteiger partial charge is 0.416 e. The molecule has 0 aliphatic carbocycles. The minimum Gasteiger partial charge on any atom is -0.380 e. The zero-order valence-electron chi connectivity index (χ0n) is 12.0. The van der Waals surface area contributed by atoms with Gasteiger partial charge in [-0.1, -0.05) is 32.0 Å².